The van der Waals surface area contributed by atoms with Gasteiger partial charge < -0.3 is 10.6 Å². The lowest BCUT2D eigenvalue weighted by Gasteiger charge is -2.27. The highest BCUT2D eigenvalue weighted by molar-refractivity contribution is 7.99. The quantitative estimate of drug-likeness (QED) is 0.647. The molecule has 0 aliphatic heterocycles. The molecule has 0 aromatic rings. The predicted molar refractivity (Wildman–Crippen MR) is 70.4 cm³/mol. The monoisotopic (exact) mass is 230 g/mol. The van der Waals surface area contributed by atoms with Gasteiger partial charge in [-0.15, -0.1) is 0 Å². The summed E-state index contributed by atoms with van der Waals surface area (Å²) in [5, 5.41) is 0. The van der Waals surface area contributed by atoms with E-state index in [-0.39, 0.29) is 0 Å². The van der Waals surface area contributed by atoms with Crippen molar-refractivity contribution in [2.45, 2.75) is 32.7 Å². The van der Waals surface area contributed by atoms with Crippen LogP contribution in [-0.4, -0.2) is 42.6 Å². The molecule has 0 aromatic heterocycles. The lowest BCUT2D eigenvalue weighted by Crippen LogP contribution is -2.39. The van der Waals surface area contributed by atoms with Gasteiger partial charge in [-0.3, -0.25) is 0 Å². The van der Waals surface area contributed by atoms with Crippen LogP contribution in [0.2, 0.25) is 0 Å². The van der Waals surface area contributed by atoms with E-state index in [2.05, 4.69) is 25.8 Å². The van der Waals surface area contributed by atoms with E-state index in [1.54, 1.807) is 0 Å². The zero-order valence-electron chi connectivity index (χ0n) is 10.4. The van der Waals surface area contributed by atoms with Gasteiger partial charge in [0, 0.05) is 19.1 Å². The van der Waals surface area contributed by atoms with Gasteiger partial charge in [-0.25, -0.2) is 0 Å². The molecule has 0 amide bonds. The molecular formula is C12H26N2S. The van der Waals surface area contributed by atoms with Gasteiger partial charge in [-0.1, -0.05) is 13.8 Å². The first-order valence-corrected chi connectivity index (χ1v) is 7.32. The zero-order valence-corrected chi connectivity index (χ0v) is 11.2. The van der Waals surface area contributed by atoms with E-state index in [9.17, 15) is 0 Å². The molecule has 0 radical (unpaired) electrons. The summed E-state index contributed by atoms with van der Waals surface area (Å²) in [6.45, 7) is 6.63. The van der Waals surface area contributed by atoms with Gasteiger partial charge in [0.25, 0.3) is 0 Å². The van der Waals surface area contributed by atoms with E-state index < -0.39 is 0 Å². The highest BCUT2D eigenvalue weighted by Crippen LogP contribution is 2.38. The van der Waals surface area contributed by atoms with Gasteiger partial charge in [-0.05, 0) is 43.2 Å². The first-order chi connectivity index (χ1) is 7.19. The number of rotatable bonds is 8. The third-order valence-corrected chi connectivity index (χ3v) is 4.43. The minimum absolute atomic E-state index is 0.594. The third kappa shape index (κ3) is 4.75. The summed E-state index contributed by atoms with van der Waals surface area (Å²) in [4.78, 5) is 2.48. The number of hydrogen-bond donors (Lipinski definition) is 1. The van der Waals surface area contributed by atoms with Crippen molar-refractivity contribution in [2.24, 2.45) is 17.6 Å². The summed E-state index contributed by atoms with van der Waals surface area (Å²) >= 11 is 2.02. The zero-order chi connectivity index (χ0) is 11.3. The fourth-order valence-corrected chi connectivity index (χ4v) is 2.78. The van der Waals surface area contributed by atoms with Gasteiger partial charge >= 0.3 is 0 Å². The lowest BCUT2D eigenvalue weighted by molar-refractivity contribution is 0.230. The van der Waals surface area contributed by atoms with Crippen LogP contribution in [-0.2, 0) is 0 Å². The van der Waals surface area contributed by atoms with Crippen molar-refractivity contribution >= 4 is 11.8 Å². The molecule has 3 heteroatoms. The Morgan fingerprint density at radius 1 is 1.53 bits per heavy atom. The van der Waals surface area contributed by atoms with Crippen LogP contribution < -0.4 is 5.73 Å². The van der Waals surface area contributed by atoms with Crippen molar-refractivity contribution in [3.63, 3.8) is 0 Å². The van der Waals surface area contributed by atoms with E-state index in [4.69, 9.17) is 5.73 Å². The Bertz CT molecular complexity index is 175. The largest absolute Gasteiger partial charge is 0.329 e. The van der Waals surface area contributed by atoms with Crippen molar-refractivity contribution < 1.29 is 0 Å². The van der Waals surface area contributed by atoms with E-state index >= 15 is 0 Å². The Morgan fingerprint density at radius 3 is 2.67 bits per heavy atom. The average Bonchev–Trinajstić information content (AvgIpc) is 2.89. The fourth-order valence-electron chi connectivity index (χ4n) is 2.05. The van der Waals surface area contributed by atoms with Crippen molar-refractivity contribution in [1.29, 1.82) is 0 Å². The van der Waals surface area contributed by atoms with Crippen LogP contribution in [0.3, 0.4) is 0 Å². The van der Waals surface area contributed by atoms with Crippen molar-refractivity contribution in [1.82, 2.24) is 4.90 Å². The molecule has 0 heterocycles. The summed E-state index contributed by atoms with van der Waals surface area (Å²) in [5.41, 5.74) is 5.84. The minimum atomic E-state index is 0.594. The molecule has 1 fully saturated rings. The van der Waals surface area contributed by atoms with E-state index in [0.29, 0.717) is 6.04 Å². The smallest absolute Gasteiger partial charge is 0.0223 e. The Morgan fingerprint density at radius 2 is 2.20 bits per heavy atom. The molecule has 0 spiro atoms. The van der Waals surface area contributed by atoms with Gasteiger partial charge in [-0.2, -0.15) is 11.8 Å². The molecule has 0 aromatic carbocycles. The second-order valence-corrected chi connectivity index (χ2v) is 6.18. The van der Waals surface area contributed by atoms with Crippen LogP contribution in [0, 0.1) is 11.8 Å². The normalized spacial score (nSPS) is 27.0. The maximum Gasteiger partial charge on any atom is 0.0223 e. The summed E-state index contributed by atoms with van der Waals surface area (Å²) in [7, 11) is 2.24. The predicted octanol–water partition coefficient (Wildman–Crippen LogP) is 2.04. The van der Waals surface area contributed by atoms with Crippen LogP contribution >= 0.6 is 11.8 Å². The highest BCUT2D eigenvalue weighted by atomic mass is 32.2. The SMILES string of the molecule is CCSCCC(CN)N(C)CC1CC1C. The molecule has 1 aliphatic carbocycles. The summed E-state index contributed by atoms with van der Waals surface area (Å²) in [5.74, 6) is 4.38. The lowest BCUT2D eigenvalue weighted by atomic mass is 10.2. The molecule has 1 saturated carbocycles. The second kappa shape index (κ2) is 6.77. The standard InChI is InChI=1S/C12H26N2S/c1-4-15-6-5-12(8-13)14(3)9-11-7-10(11)2/h10-12H,4-9,13H2,1-3H3. The van der Waals surface area contributed by atoms with Gasteiger partial charge in [0.1, 0.15) is 0 Å². The number of hydrogen-bond acceptors (Lipinski definition) is 3. The van der Waals surface area contributed by atoms with Crippen LogP contribution in [0.5, 0.6) is 0 Å². The van der Waals surface area contributed by atoms with E-state index in [0.717, 1.165) is 18.4 Å². The Hall–Kier alpha value is 0.270. The molecule has 3 atom stereocenters. The van der Waals surface area contributed by atoms with Gasteiger partial charge in [0.2, 0.25) is 0 Å². The first kappa shape index (κ1) is 13.3. The maximum atomic E-state index is 5.84. The molecule has 15 heavy (non-hydrogen) atoms. The molecule has 2 N–H and O–H groups in total. The molecule has 3 unspecified atom stereocenters. The van der Waals surface area contributed by atoms with Crippen molar-refractivity contribution in [3.05, 3.63) is 0 Å². The highest BCUT2D eigenvalue weighted by Gasteiger charge is 2.34. The first-order valence-electron chi connectivity index (χ1n) is 6.17. The summed E-state index contributed by atoms with van der Waals surface area (Å²) < 4.78 is 0. The van der Waals surface area contributed by atoms with Crippen LogP contribution in [0.15, 0.2) is 0 Å². The van der Waals surface area contributed by atoms with Gasteiger partial charge in [0.05, 0.1) is 0 Å². The van der Waals surface area contributed by atoms with Crippen LogP contribution in [0.25, 0.3) is 0 Å². The Balaban J connectivity index is 2.17. The van der Waals surface area contributed by atoms with Crippen molar-refractivity contribution in [2.75, 3.05) is 31.6 Å². The molecule has 90 valence electrons. The molecule has 1 aliphatic rings. The van der Waals surface area contributed by atoms with Gasteiger partial charge in [0.15, 0.2) is 0 Å². The summed E-state index contributed by atoms with van der Waals surface area (Å²) in [6, 6.07) is 0.594. The van der Waals surface area contributed by atoms with E-state index in [1.807, 2.05) is 11.8 Å². The third-order valence-electron chi connectivity index (χ3n) is 3.49. The number of thioether (sulfide) groups is 1. The average molecular weight is 230 g/mol. The molecule has 0 bridgehead atoms. The fraction of sp³-hybridized carbons (Fsp3) is 1.00. The maximum absolute atomic E-state index is 5.84. The number of likely N-dealkylation sites (N-methyl/N-ethyl adjacent to an activating group) is 1. The van der Waals surface area contributed by atoms with Crippen LogP contribution in [0.4, 0.5) is 0 Å². The molecule has 1 rings (SSSR count). The Labute approximate surface area is 99.0 Å². The number of nitrogens with two attached hydrogens (primary N) is 1. The Kier molecular flexibility index (Phi) is 6.02. The summed E-state index contributed by atoms with van der Waals surface area (Å²) in [6.07, 6.45) is 2.66. The molecule has 2 nitrogen and oxygen atoms in total. The number of nitrogens with zero attached hydrogens (tertiary/aromatic N) is 1. The van der Waals surface area contributed by atoms with Crippen molar-refractivity contribution in [3.8, 4) is 0 Å². The van der Waals surface area contributed by atoms with Crippen LogP contribution in [0.1, 0.15) is 26.7 Å². The van der Waals surface area contributed by atoms with E-state index in [1.165, 1.54) is 30.9 Å². The minimum Gasteiger partial charge on any atom is -0.329 e. The molecular weight excluding hydrogens is 204 g/mol. The molecule has 0 saturated heterocycles. The topological polar surface area (TPSA) is 29.3 Å². The second-order valence-electron chi connectivity index (χ2n) is 4.79.